The summed E-state index contributed by atoms with van der Waals surface area (Å²) in [6, 6.07) is 0.507. The van der Waals surface area contributed by atoms with Gasteiger partial charge in [-0.2, -0.15) is 0 Å². The van der Waals surface area contributed by atoms with Crippen molar-refractivity contribution in [3.63, 3.8) is 0 Å². The topological polar surface area (TPSA) is 80.0 Å². The van der Waals surface area contributed by atoms with E-state index in [1.165, 1.54) is 30.6 Å². The van der Waals surface area contributed by atoms with E-state index in [0.29, 0.717) is 23.3 Å². The van der Waals surface area contributed by atoms with E-state index in [-0.39, 0.29) is 5.91 Å². The van der Waals surface area contributed by atoms with Gasteiger partial charge in [-0.3, -0.25) is 4.79 Å². The fourth-order valence-corrected chi connectivity index (χ4v) is 2.48. The van der Waals surface area contributed by atoms with Gasteiger partial charge in [-0.05, 0) is 25.7 Å². The van der Waals surface area contributed by atoms with Crippen LogP contribution in [-0.4, -0.2) is 23.5 Å². The van der Waals surface area contributed by atoms with Crippen LogP contribution in [0.15, 0.2) is 0 Å². The summed E-state index contributed by atoms with van der Waals surface area (Å²) in [5.41, 5.74) is 5.75. The Balaban J connectivity index is 1.99. The molecule has 1 aromatic heterocycles. The average Bonchev–Trinajstić information content (AvgIpc) is 2.62. The molecule has 0 bridgehead atoms. The molecule has 1 aliphatic rings. The number of nitrogens with zero attached hydrogens (tertiary/aromatic N) is 1. The molecule has 1 aromatic rings. The second kappa shape index (κ2) is 5.35. The predicted octanol–water partition coefficient (Wildman–Crippen LogP) is 1.83. The molecule has 1 heterocycles. The minimum absolute atomic E-state index is 0.122. The van der Waals surface area contributed by atoms with Crippen LogP contribution in [0.3, 0.4) is 0 Å². The van der Waals surface area contributed by atoms with Gasteiger partial charge in [0.05, 0.1) is 0 Å². The molecule has 1 aliphatic carbocycles. The normalized spacial score (nSPS) is 15.4. The Bertz CT molecular complexity index is 400. The van der Waals surface area contributed by atoms with Crippen LogP contribution in [0, 0.1) is 0 Å². The first-order chi connectivity index (χ1) is 8.20. The Morgan fingerprint density at radius 1 is 1.59 bits per heavy atom. The molecule has 2 rings (SSSR count). The van der Waals surface area contributed by atoms with Crippen molar-refractivity contribution in [3.8, 4) is 0 Å². The third kappa shape index (κ3) is 2.88. The molecule has 0 aliphatic heterocycles. The largest absolute Gasteiger partial charge is 0.382 e. The van der Waals surface area contributed by atoms with Gasteiger partial charge in [0.1, 0.15) is 10.7 Å². The zero-order valence-electron chi connectivity index (χ0n) is 9.95. The number of nitrogen functional groups attached to an aromatic ring is 1. The highest BCUT2D eigenvalue weighted by molar-refractivity contribution is 7.18. The number of carbonyl (C=O) groups is 1. The van der Waals surface area contributed by atoms with Gasteiger partial charge in [0.25, 0.3) is 5.91 Å². The van der Waals surface area contributed by atoms with Gasteiger partial charge >= 0.3 is 0 Å². The maximum absolute atomic E-state index is 11.8. The Kier molecular flexibility index (Phi) is 3.83. The number of anilines is 2. The maximum Gasteiger partial charge on any atom is 0.265 e. The quantitative estimate of drug-likeness (QED) is 0.749. The molecule has 5 nitrogen and oxygen atoms in total. The first kappa shape index (κ1) is 12.2. The highest BCUT2D eigenvalue weighted by atomic mass is 32.1. The van der Waals surface area contributed by atoms with E-state index < -0.39 is 0 Å². The zero-order chi connectivity index (χ0) is 12.3. The Morgan fingerprint density at radius 2 is 2.35 bits per heavy atom. The van der Waals surface area contributed by atoms with Crippen LogP contribution in [0.1, 0.15) is 42.3 Å². The molecule has 1 fully saturated rings. The van der Waals surface area contributed by atoms with Gasteiger partial charge in [-0.25, -0.2) is 4.98 Å². The lowest BCUT2D eigenvalue weighted by molar-refractivity contribution is 0.0958. The molecule has 0 radical (unpaired) electrons. The molecule has 4 N–H and O–H groups in total. The summed E-state index contributed by atoms with van der Waals surface area (Å²) in [7, 11) is 0. The van der Waals surface area contributed by atoms with Crippen LogP contribution in [0.25, 0.3) is 0 Å². The van der Waals surface area contributed by atoms with Gasteiger partial charge in [0.15, 0.2) is 5.13 Å². The second-order valence-corrected chi connectivity index (χ2v) is 5.26. The minimum atomic E-state index is -0.122. The van der Waals surface area contributed by atoms with Gasteiger partial charge < -0.3 is 16.4 Å². The van der Waals surface area contributed by atoms with E-state index in [2.05, 4.69) is 15.6 Å². The third-order valence-corrected chi connectivity index (χ3v) is 3.83. The number of hydrogen-bond acceptors (Lipinski definition) is 5. The average molecular weight is 254 g/mol. The van der Waals surface area contributed by atoms with Crippen molar-refractivity contribution in [2.75, 3.05) is 17.6 Å². The summed E-state index contributed by atoms with van der Waals surface area (Å²) in [4.78, 5) is 16.5. The van der Waals surface area contributed by atoms with Crippen molar-refractivity contribution in [1.29, 1.82) is 0 Å². The summed E-state index contributed by atoms with van der Waals surface area (Å²) in [5, 5.41) is 6.86. The molecule has 6 heteroatoms. The third-order valence-electron chi connectivity index (χ3n) is 2.83. The molecule has 94 valence electrons. The molecular weight excluding hydrogens is 236 g/mol. The number of thiazole rings is 1. The van der Waals surface area contributed by atoms with Crippen LogP contribution in [0.5, 0.6) is 0 Å². The van der Waals surface area contributed by atoms with Gasteiger partial charge in [0.2, 0.25) is 0 Å². The number of carbonyl (C=O) groups excluding carboxylic acids is 1. The second-order valence-electron chi connectivity index (χ2n) is 4.26. The van der Waals surface area contributed by atoms with E-state index in [0.717, 1.165) is 11.6 Å². The first-order valence-corrected chi connectivity index (χ1v) is 6.83. The van der Waals surface area contributed by atoms with E-state index >= 15 is 0 Å². The van der Waals surface area contributed by atoms with Crippen molar-refractivity contribution in [1.82, 2.24) is 10.3 Å². The van der Waals surface area contributed by atoms with E-state index in [1.54, 1.807) is 0 Å². The number of rotatable bonds is 5. The summed E-state index contributed by atoms with van der Waals surface area (Å²) < 4.78 is 0. The zero-order valence-corrected chi connectivity index (χ0v) is 10.8. The molecule has 0 atom stereocenters. The van der Waals surface area contributed by atoms with Crippen molar-refractivity contribution in [2.24, 2.45) is 0 Å². The molecule has 0 saturated heterocycles. The summed E-state index contributed by atoms with van der Waals surface area (Å²) in [6.07, 6.45) is 4.54. The summed E-state index contributed by atoms with van der Waals surface area (Å²) in [6.45, 7) is 2.68. The Morgan fingerprint density at radius 3 is 2.94 bits per heavy atom. The molecule has 0 aromatic carbocycles. The van der Waals surface area contributed by atoms with E-state index in [4.69, 9.17) is 5.73 Å². The van der Waals surface area contributed by atoms with Crippen molar-refractivity contribution < 1.29 is 4.79 Å². The molecule has 1 amide bonds. The highest BCUT2D eigenvalue weighted by Crippen LogP contribution is 2.29. The van der Waals surface area contributed by atoms with Gasteiger partial charge in [-0.1, -0.05) is 18.3 Å². The lowest BCUT2D eigenvalue weighted by Gasteiger charge is -2.25. The summed E-state index contributed by atoms with van der Waals surface area (Å²) in [5.74, 6) is 0.203. The van der Waals surface area contributed by atoms with Crippen LogP contribution >= 0.6 is 11.3 Å². The van der Waals surface area contributed by atoms with Crippen LogP contribution in [0.2, 0.25) is 0 Å². The van der Waals surface area contributed by atoms with Crippen LogP contribution < -0.4 is 16.4 Å². The van der Waals surface area contributed by atoms with Crippen LogP contribution in [-0.2, 0) is 0 Å². The van der Waals surface area contributed by atoms with Crippen molar-refractivity contribution in [3.05, 3.63) is 4.88 Å². The lowest BCUT2D eigenvalue weighted by atomic mass is 9.93. The van der Waals surface area contributed by atoms with Crippen LogP contribution in [0.4, 0.5) is 10.9 Å². The SMILES string of the molecule is CCCNC(=O)c1sc(NC2CCC2)nc1N. The smallest absolute Gasteiger partial charge is 0.265 e. The predicted molar refractivity (Wildman–Crippen MR) is 70.4 cm³/mol. The summed E-state index contributed by atoms with van der Waals surface area (Å²) >= 11 is 1.34. The highest BCUT2D eigenvalue weighted by Gasteiger charge is 2.21. The molecular formula is C11H18N4OS. The number of aromatic nitrogens is 1. The van der Waals surface area contributed by atoms with Gasteiger partial charge in [-0.15, -0.1) is 0 Å². The Labute approximate surface area is 105 Å². The Hall–Kier alpha value is -1.30. The molecule has 0 unspecified atom stereocenters. The molecule has 0 spiro atoms. The lowest BCUT2D eigenvalue weighted by Crippen LogP contribution is -2.26. The number of nitrogens with two attached hydrogens (primary N) is 1. The number of hydrogen-bond donors (Lipinski definition) is 3. The number of nitrogens with one attached hydrogen (secondary N) is 2. The fraction of sp³-hybridized carbons (Fsp3) is 0.636. The van der Waals surface area contributed by atoms with E-state index in [1.807, 2.05) is 6.92 Å². The monoisotopic (exact) mass is 254 g/mol. The minimum Gasteiger partial charge on any atom is -0.382 e. The first-order valence-electron chi connectivity index (χ1n) is 6.01. The maximum atomic E-state index is 11.8. The van der Waals surface area contributed by atoms with Crippen molar-refractivity contribution in [2.45, 2.75) is 38.6 Å². The van der Waals surface area contributed by atoms with Gasteiger partial charge in [0, 0.05) is 12.6 Å². The standard InChI is InChI=1S/C11H18N4OS/c1-2-6-13-10(16)8-9(12)15-11(17-8)14-7-4-3-5-7/h7H,2-6,12H2,1H3,(H,13,16)(H,14,15). The molecule has 1 saturated carbocycles. The van der Waals surface area contributed by atoms with E-state index in [9.17, 15) is 4.79 Å². The number of amides is 1. The fourth-order valence-electron chi connectivity index (χ4n) is 1.60. The molecule has 17 heavy (non-hydrogen) atoms. The van der Waals surface area contributed by atoms with Crippen molar-refractivity contribution >= 4 is 28.2 Å².